The SMILES string of the molecule is COc1cc(-n2cccc2)c(Cl)cc1C(=O)N(C)c1ccc(F)c(F)c1. The smallest absolute Gasteiger partial charge is 0.261 e. The zero-order valence-corrected chi connectivity index (χ0v) is 14.8. The second kappa shape index (κ2) is 7.17. The first kappa shape index (κ1) is 17.9. The molecule has 0 saturated heterocycles. The lowest BCUT2D eigenvalue weighted by Gasteiger charge is -2.20. The molecule has 2 aromatic carbocycles. The number of carbonyl (C=O) groups is 1. The molecule has 1 aromatic heterocycles. The van der Waals surface area contributed by atoms with Crippen LogP contribution in [0.1, 0.15) is 10.4 Å². The van der Waals surface area contributed by atoms with Crippen molar-refractivity contribution < 1.29 is 18.3 Å². The van der Waals surface area contributed by atoms with Crippen LogP contribution in [0.15, 0.2) is 54.9 Å². The minimum atomic E-state index is -1.03. The van der Waals surface area contributed by atoms with E-state index in [1.807, 2.05) is 24.5 Å². The first-order chi connectivity index (χ1) is 12.4. The van der Waals surface area contributed by atoms with Gasteiger partial charge < -0.3 is 14.2 Å². The van der Waals surface area contributed by atoms with Gasteiger partial charge in [-0.05, 0) is 30.3 Å². The van der Waals surface area contributed by atoms with Gasteiger partial charge in [-0.15, -0.1) is 0 Å². The minimum absolute atomic E-state index is 0.209. The van der Waals surface area contributed by atoms with Crippen LogP contribution < -0.4 is 9.64 Å². The number of aromatic nitrogens is 1. The molecule has 0 atom stereocenters. The largest absolute Gasteiger partial charge is 0.496 e. The van der Waals surface area contributed by atoms with Gasteiger partial charge in [-0.25, -0.2) is 8.78 Å². The summed E-state index contributed by atoms with van der Waals surface area (Å²) in [7, 11) is 2.90. The van der Waals surface area contributed by atoms with Crippen molar-refractivity contribution in [2.75, 3.05) is 19.1 Å². The minimum Gasteiger partial charge on any atom is -0.496 e. The highest BCUT2D eigenvalue weighted by Gasteiger charge is 2.21. The van der Waals surface area contributed by atoms with Crippen LogP contribution in [-0.4, -0.2) is 24.6 Å². The molecule has 0 unspecified atom stereocenters. The number of carbonyl (C=O) groups excluding carboxylic acids is 1. The highest BCUT2D eigenvalue weighted by Crippen LogP contribution is 2.31. The lowest BCUT2D eigenvalue weighted by atomic mass is 10.1. The summed E-state index contributed by atoms with van der Waals surface area (Å²) in [6.07, 6.45) is 3.63. The van der Waals surface area contributed by atoms with E-state index in [2.05, 4.69) is 0 Å². The van der Waals surface area contributed by atoms with Crippen LogP contribution in [0, 0.1) is 11.6 Å². The molecule has 0 fully saturated rings. The van der Waals surface area contributed by atoms with Gasteiger partial charge in [-0.3, -0.25) is 4.79 Å². The number of anilines is 1. The molecule has 0 saturated carbocycles. The highest BCUT2D eigenvalue weighted by atomic mass is 35.5. The standard InChI is InChI=1S/C19H15ClF2N2O2/c1-23(12-5-6-15(21)16(22)9-12)19(25)13-10-14(20)17(11-18(13)26-2)24-7-3-4-8-24/h3-11H,1-2H3. The van der Waals surface area contributed by atoms with Crippen molar-refractivity contribution in [1.82, 2.24) is 4.57 Å². The molecule has 0 bridgehead atoms. The molecule has 0 aliphatic rings. The molecule has 3 aromatic rings. The van der Waals surface area contributed by atoms with Crippen LogP contribution >= 0.6 is 11.6 Å². The predicted octanol–water partition coefficient (Wildman–Crippen LogP) is 4.69. The summed E-state index contributed by atoms with van der Waals surface area (Å²) < 4.78 is 33.7. The predicted molar refractivity (Wildman–Crippen MR) is 96.4 cm³/mol. The molecule has 0 N–H and O–H groups in total. The van der Waals surface area contributed by atoms with E-state index in [-0.39, 0.29) is 11.3 Å². The molecule has 7 heteroatoms. The van der Waals surface area contributed by atoms with E-state index in [9.17, 15) is 13.6 Å². The van der Waals surface area contributed by atoms with Crippen LogP contribution in [0.2, 0.25) is 5.02 Å². The molecule has 4 nitrogen and oxygen atoms in total. The molecule has 1 heterocycles. The van der Waals surface area contributed by atoms with Crippen molar-refractivity contribution in [1.29, 1.82) is 0 Å². The number of amides is 1. The fourth-order valence-electron chi connectivity index (χ4n) is 2.56. The van der Waals surface area contributed by atoms with Gasteiger partial charge in [-0.1, -0.05) is 11.6 Å². The number of hydrogen-bond acceptors (Lipinski definition) is 2. The molecule has 3 rings (SSSR count). The number of nitrogens with zero attached hydrogens (tertiary/aromatic N) is 2. The average Bonchev–Trinajstić information content (AvgIpc) is 3.17. The quantitative estimate of drug-likeness (QED) is 0.661. The Balaban J connectivity index is 2.01. The topological polar surface area (TPSA) is 34.5 Å². The third kappa shape index (κ3) is 3.28. The van der Waals surface area contributed by atoms with Crippen LogP contribution in [0.4, 0.5) is 14.5 Å². The fourth-order valence-corrected chi connectivity index (χ4v) is 2.82. The maximum Gasteiger partial charge on any atom is 0.261 e. The lowest BCUT2D eigenvalue weighted by molar-refractivity contribution is 0.0990. The zero-order chi connectivity index (χ0) is 18.8. The average molecular weight is 377 g/mol. The Hall–Kier alpha value is -2.86. The molecule has 26 heavy (non-hydrogen) atoms. The van der Waals surface area contributed by atoms with Crippen LogP contribution in [-0.2, 0) is 0 Å². The Labute approximate surface area is 154 Å². The van der Waals surface area contributed by atoms with E-state index >= 15 is 0 Å². The zero-order valence-electron chi connectivity index (χ0n) is 14.0. The number of rotatable bonds is 4. The van der Waals surface area contributed by atoms with Crippen molar-refractivity contribution in [2.45, 2.75) is 0 Å². The summed E-state index contributed by atoms with van der Waals surface area (Å²) in [6, 6.07) is 10.1. The van der Waals surface area contributed by atoms with E-state index < -0.39 is 17.5 Å². The second-order valence-electron chi connectivity index (χ2n) is 5.56. The molecule has 134 valence electrons. The summed E-state index contributed by atoms with van der Waals surface area (Å²) >= 11 is 6.33. The van der Waals surface area contributed by atoms with Gasteiger partial charge in [0.2, 0.25) is 0 Å². The van der Waals surface area contributed by atoms with Gasteiger partial charge in [0, 0.05) is 37.3 Å². The highest BCUT2D eigenvalue weighted by molar-refractivity contribution is 6.33. The van der Waals surface area contributed by atoms with Gasteiger partial charge in [0.25, 0.3) is 5.91 Å². The molecule has 0 radical (unpaired) electrons. The van der Waals surface area contributed by atoms with E-state index in [0.717, 1.165) is 12.1 Å². The van der Waals surface area contributed by atoms with E-state index in [1.165, 1.54) is 31.2 Å². The van der Waals surface area contributed by atoms with Crippen molar-refractivity contribution in [3.05, 3.63) is 77.1 Å². The van der Waals surface area contributed by atoms with Crippen LogP contribution in [0.5, 0.6) is 5.75 Å². The normalized spacial score (nSPS) is 10.7. The maximum absolute atomic E-state index is 13.5. The number of methoxy groups -OCH3 is 1. The molecule has 0 spiro atoms. The number of ether oxygens (including phenoxy) is 1. The number of halogens is 3. The van der Waals surface area contributed by atoms with Crippen LogP contribution in [0.25, 0.3) is 5.69 Å². The van der Waals surface area contributed by atoms with Crippen LogP contribution in [0.3, 0.4) is 0 Å². The summed E-state index contributed by atoms with van der Waals surface area (Å²) in [6.45, 7) is 0. The Morgan fingerprint density at radius 2 is 1.81 bits per heavy atom. The third-order valence-corrected chi connectivity index (χ3v) is 4.28. The van der Waals surface area contributed by atoms with E-state index in [0.29, 0.717) is 16.5 Å². The Morgan fingerprint density at radius 1 is 1.12 bits per heavy atom. The Bertz CT molecular complexity index is 958. The van der Waals surface area contributed by atoms with Crippen molar-refractivity contribution in [3.8, 4) is 11.4 Å². The third-order valence-electron chi connectivity index (χ3n) is 3.98. The summed E-state index contributed by atoms with van der Waals surface area (Å²) in [5, 5.41) is 0.351. The summed E-state index contributed by atoms with van der Waals surface area (Å²) in [5.74, 6) is -2.16. The molecule has 0 aliphatic carbocycles. The van der Waals surface area contributed by atoms with Gasteiger partial charge in [-0.2, -0.15) is 0 Å². The number of hydrogen-bond donors (Lipinski definition) is 0. The molecular weight excluding hydrogens is 362 g/mol. The summed E-state index contributed by atoms with van der Waals surface area (Å²) in [4.78, 5) is 14.0. The molecule has 0 aliphatic heterocycles. The Kier molecular flexibility index (Phi) is 4.95. The van der Waals surface area contributed by atoms with Gasteiger partial charge in [0.1, 0.15) is 5.75 Å². The van der Waals surface area contributed by atoms with E-state index in [4.69, 9.17) is 16.3 Å². The Morgan fingerprint density at radius 3 is 2.42 bits per heavy atom. The van der Waals surface area contributed by atoms with Crippen molar-refractivity contribution in [2.24, 2.45) is 0 Å². The first-order valence-electron chi connectivity index (χ1n) is 7.66. The second-order valence-corrected chi connectivity index (χ2v) is 5.96. The number of benzene rings is 2. The van der Waals surface area contributed by atoms with Crippen molar-refractivity contribution in [3.63, 3.8) is 0 Å². The first-order valence-corrected chi connectivity index (χ1v) is 8.04. The van der Waals surface area contributed by atoms with Crippen molar-refractivity contribution >= 4 is 23.2 Å². The van der Waals surface area contributed by atoms with Gasteiger partial charge in [0.05, 0.1) is 23.4 Å². The fraction of sp³-hybridized carbons (Fsp3) is 0.105. The van der Waals surface area contributed by atoms with Gasteiger partial charge >= 0.3 is 0 Å². The molecule has 1 amide bonds. The van der Waals surface area contributed by atoms with Gasteiger partial charge in [0.15, 0.2) is 11.6 Å². The lowest BCUT2D eigenvalue weighted by Crippen LogP contribution is -2.27. The monoisotopic (exact) mass is 376 g/mol. The summed E-state index contributed by atoms with van der Waals surface area (Å²) in [5.41, 5.74) is 1.07. The molecular formula is C19H15ClF2N2O2. The maximum atomic E-state index is 13.5. The van der Waals surface area contributed by atoms with E-state index in [1.54, 1.807) is 10.6 Å².